The Morgan fingerprint density at radius 2 is 2.22 bits per heavy atom. The summed E-state index contributed by atoms with van der Waals surface area (Å²) in [6.45, 7) is 8.85. The van der Waals surface area contributed by atoms with Crippen LogP contribution in [-0.4, -0.2) is 26.8 Å². The van der Waals surface area contributed by atoms with Crippen molar-refractivity contribution in [3.8, 4) is 17.5 Å². The number of thioether (sulfide) groups is 1. The molecule has 2 aromatic heterocycles. The number of nitriles is 1. The Labute approximate surface area is 196 Å². The van der Waals surface area contributed by atoms with Gasteiger partial charge in [0.25, 0.3) is 0 Å². The number of hydrogen-bond acceptors (Lipinski definition) is 6. The van der Waals surface area contributed by atoms with Crippen LogP contribution in [0.3, 0.4) is 0 Å². The maximum absolute atomic E-state index is 12.6. The Kier molecular flexibility index (Phi) is 6.40. The summed E-state index contributed by atoms with van der Waals surface area (Å²) in [5, 5.41) is 21.0. The number of aryl methyl sites for hydroxylation is 1. The smallest absolute Gasteiger partial charge is 0.235 e. The van der Waals surface area contributed by atoms with Crippen LogP contribution in [0.5, 0.6) is 0 Å². The number of fused-ring (bicyclic) bond motifs is 1. The number of aromatic amines is 1. The Balaban J connectivity index is 1.40. The number of anilines is 1. The van der Waals surface area contributed by atoms with E-state index in [9.17, 15) is 10.1 Å². The summed E-state index contributed by atoms with van der Waals surface area (Å²) in [7, 11) is 0. The van der Waals surface area contributed by atoms with Crippen molar-refractivity contribution in [2.75, 3.05) is 11.1 Å². The predicted octanol–water partition coefficient (Wildman–Crippen LogP) is 5.60. The molecule has 0 spiro atoms. The van der Waals surface area contributed by atoms with Gasteiger partial charge in [0.05, 0.1) is 11.3 Å². The molecule has 1 atom stereocenters. The van der Waals surface area contributed by atoms with Crippen LogP contribution in [0.2, 0.25) is 0 Å². The van der Waals surface area contributed by atoms with E-state index in [0.29, 0.717) is 27.5 Å². The fourth-order valence-corrected chi connectivity index (χ4v) is 5.95. The molecule has 6 nitrogen and oxygen atoms in total. The molecular formula is C24H27N5OS2. The number of carbonyl (C=O) groups is 1. The number of rotatable bonds is 5. The van der Waals surface area contributed by atoms with Gasteiger partial charge >= 0.3 is 0 Å². The van der Waals surface area contributed by atoms with E-state index in [1.54, 1.807) is 11.3 Å². The lowest BCUT2D eigenvalue weighted by molar-refractivity contribution is -0.113. The highest BCUT2D eigenvalue weighted by Gasteiger charge is 2.32. The van der Waals surface area contributed by atoms with Crippen LogP contribution in [-0.2, 0) is 17.6 Å². The van der Waals surface area contributed by atoms with Gasteiger partial charge in [-0.3, -0.25) is 9.89 Å². The number of H-pyrrole nitrogens is 1. The number of amides is 1. The standard InChI is InChI=1S/C24H27N5OS2/c1-14-6-5-7-15(10-14)21-27-23(29-28-21)31-13-20(30)26-22-18(12-25)17-9-8-16(24(2,3)4)11-19(17)32-22/h5-7,10,16H,8-9,11,13H2,1-4H3,(H,26,30)(H,27,28,29)/t16-/m0/s1. The number of nitrogens with one attached hydrogen (secondary N) is 2. The van der Waals surface area contributed by atoms with Gasteiger partial charge in [-0.05, 0) is 49.1 Å². The van der Waals surface area contributed by atoms with Crippen LogP contribution < -0.4 is 5.32 Å². The summed E-state index contributed by atoms with van der Waals surface area (Å²) in [5.74, 6) is 1.30. The van der Waals surface area contributed by atoms with Crippen LogP contribution in [0, 0.1) is 29.6 Å². The van der Waals surface area contributed by atoms with Crippen molar-refractivity contribution in [3.63, 3.8) is 0 Å². The van der Waals surface area contributed by atoms with E-state index in [4.69, 9.17) is 0 Å². The highest BCUT2D eigenvalue weighted by Crippen LogP contribution is 2.44. The van der Waals surface area contributed by atoms with E-state index in [2.05, 4.69) is 47.3 Å². The van der Waals surface area contributed by atoms with Crippen molar-refractivity contribution in [3.05, 3.63) is 45.8 Å². The minimum Gasteiger partial charge on any atom is -0.316 e. The number of thiophene rings is 1. The molecule has 2 N–H and O–H groups in total. The van der Waals surface area contributed by atoms with Crippen LogP contribution >= 0.6 is 23.1 Å². The number of aromatic nitrogens is 3. The molecule has 3 aromatic rings. The molecule has 4 rings (SSSR count). The van der Waals surface area contributed by atoms with Gasteiger partial charge in [-0.1, -0.05) is 56.3 Å². The second-order valence-electron chi connectivity index (χ2n) is 9.30. The van der Waals surface area contributed by atoms with E-state index in [0.717, 1.165) is 36.0 Å². The molecule has 1 aliphatic rings. The third-order valence-electron chi connectivity index (χ3n) is 5.94. The second-order valence-corrected chi connectivity index (χ2v) is 11.3. The second kappa shape index (κ2) is 9.08. The zero-order chi connectivity index (χ0) is 22.9. The monoisotopic (exact) mass is 465 g/mol. The first-order valence-corrected chi connectivity index (χ1v) is 12.5. The Morgan fingerprint density at radius 3 is 2.94 bits per heavy atom. The van der Waals surface area contributed by atoms with Crippen LogP contribution in [0.25, 0.3) is 11.4 Å². The molecule has 166 valence electrons. The maximum atomic E-state index is 12.6. The third kappa shape index (κ3) is 4.89. The zero-order valence-corrected chi connectivity index (χ0v) is 20.4. The van der Waals surface area contributed by atoms with E-state index in [1.165, 1.54) is 16.6 Å². The minimum atomic E-state index is -0.153. The topological polar surface area (TPSA) is 94.5 Å². The lowest BCUT2D eigenvalue weighted by Gasteiger charge is -2.33. The summed E-state index contributed by atoms with van der Waals surface area (Å²) in [6, 6.07) is 10.3. The fraction of sp³-hybridized carbons (Fsp3) is 0.417. The summed E-state index contributed by atoms with van der Waals surface area (Å²) in [4.78, 5) is 18.3. The van der Waals surface area contributed by atoms with E-state index < -0.39 is 0 Å². The van der Waals surface area contributed by atoms with Crippen LogP contribution in [0.15, 0.2) is 29.4 Å². The van der Waals surface area contributed by atoms with Crippen molar-refractivity contribution in [1.82, 2.24) is 15.2 Å². The van der Waals surface area contributed by atoms with E-state index in [-0.39, 0.29) is 17.1 Å². The Morgan fingerprint density at radius 1 is 1.41 bits per heavy atom. The summed E-state index contributed by atoms with van der Waals surface area (Å²) in [5.41, 5.74) is 4.11. The average molecular weight is 466 g/mol. The number of carbonyl (C=O) groups excluding carboxylic acids is 1. The summed E-state index contributed by atoms with van der Waals surface area (Å²) < 4.78 is 0. The van der Waals surface area contributed by atoms with Gasteiger partial charge in [0, 0.05) is 10.4 Å². The molecule has 32 heavy (non-hydrogen) atoms. The molecule has 1 aromatic carbocycles. The van der Waals surface area contributed by atoms with E-state index >= 15 is 0 Å². The molecule has 0 radical (unpaired) electrons. The molecule has 8 heteroatoms. The van der Waals surface area contributed by atoms with Crippen molar-refractivity contribution >= 4 is 34.0 Å². The molecule has 0 fully saturated rings. The van der Waals surface area contributed by atoms with Gasteiger partial charge in [0.1, 0.15) is 11.1 Å². The molecule has 1 amide bonds. The number of hydrogen-bond donors (Lipinski definition) is 2. The lowest BCUT2D eigenvalue weighted by atomic mass is 9.72. The largest absolute Gasteiger partial charge is 0.316 e. The van der Waals surface area contributed by atoms with Crippen LogP contribution in [0.1, 0.15) is 48.8 Å². The highest BCUT2D eigenvalue weighted by atomic mass is 32.2. The highest BCUT2D eigenvalue weighted by molar-refractivity contribution is 7.99. The Bertz CT molecular complexity index is 1180. The lowest BCUT2D eigenvalue weighted by Crippen LogP contribution is -2.26. The SMILES string of the molecule is Cc1cccc(-c2nc(SCC(=O)Nc3sc4c(c3C#N)CC[C@H](C(C)(C)C)C4)n[nH]2)c1. The molecule has 2 heterocycles. The van der Waals surface area contributed by atoms with Crippen molar-refractivity contribution in [1.29, 1.82) is 5.26 Å². The molecule has 0 unspecified atom stereocenters. The zero-order valence-electron chi connectivity index (χ0n) is 18.8. The van der Waals surface area contributed by atoms with Gasteiger partial charge in [-0.2, -0.15) is 5.26 Å². The van der Waals surface area contributed by atoms with Crippen molar-refractivity contribution in [2.45, 2.75) is 52.1 Å². The van der Waals surface area contributed by atoms with E-state index in [1.807, 2.05) is 31.2 Å². The number of benzene rings is 1. The molecule has 1 aliphatic carbocycles. The molecule has 0 aliphatic heterocycles. The average Bonchev–Trinajstić information content (AvgIpc) is 3.35. The van der Waals surface area contributed by atoms with Crippen LogP contribution in [0.4, 0.5) is 5.00 Å². The number of nitrogens with zero attached hydrogens (tertiary/aromatic N) is 3. The van der Waals surface area contributed by atoms with Gasteiger partial charge in [0.2, 0.25) is 11.1 Å². The van der Waals surface area contributed by atoms with Gasteiger partial charge < -0.3 is 5.32 Å². The predicted molar refractivity (Wildman–Crippen MR) is 130 cm³/mol. The third-order valence-corrected chi connectivity index (χ3v) is 7.96. The van der Waals surface area contributed by atoms with Gasteiger partial charge in [0.15, 0.2) is 5.82 Å². The summed E-state index contributed by atoms with van der Waals surface area (Å²) in [6.07, 6.45) is 2.96. The molecule has 0 bridgehead atoms. The molecule has 0 saturated heterocycles. The quantitative estimate of drug-likeness (QED) is 0.479. The van der Waals surface area contributed by atoms with Crippen molar-refractivity contribution < 1.29 is 4.79 Å². The molecular weight excluding hydrogens is 438 g/mol. The van der Waals surface area contributed by atoms with Crippen molar-refractivity contribution in [2.24, 2.45) is 11.3 Å². The maximum Gasteiger partial charge on any atom is 0.235 e. The first kappa shape index (κ1) is 22.6. The summed E-state index contributed by atoms with van der Waals surface area (Å²) >= 11 is 2.83. The van der Waals surface area contributed by atoms with Gasteiger partial charge in [-0.15, -0.1) is 16.4 Å². The van der Waals surface area contributed by atoms with Gasteiger partial charge in [-0.25, -0.2) is 4.98 Å². The molecule has 0 saturated carbocycles. The first-order valence-electron chi connectivity index (χ1n) is 10.7. The Hall–Kier alpha value is -2.63. The normalized spacial score (nSPS) is 15.8. The fourth-order valence-electron chi connectivity index (χ4n) is 4.06. The first-order chi connectivity index (χ1) is 15.2. The minimum absolute atomic E-state index is 0.153.